The van der Waals surface area contributed by atoms with Gasteiger partial charge in [0.15, 0.2) is 5.96 Å². The number of rotatable bonds is 3. The van der Waals surface area contributed by atoms with E-state index in [2.05, 4.69) is 41.0 Å². The van der Waals surface area contributed by atoms with E-state index in [1.165, 1.54) is 32.4 Å². The summed E-state index contributed by atoms with van der Waals surface area (Å²) in [5.74, 6) is 1.06. The highest BCUT2D eigenvalue weighted by Crippen LogP contribution is 2.19. The summed E-state index contributed by atoms with van der Waals surface area (Å²) in [5.41, 5.74) is 0.229. The lowest BCUT2D eigenvalue weighted by atomic mass is 9.98. The SMILES string of the molecule is CN1CCN=C1NCC(C)(C)N1CCCCC1.I. The molecular formula is C13H27IN4. The Bertz CT molecular complexity index is 285. The van der Waals surface area contributed by atoms with Crippen LogP contribution in [0.15, 0.2) is 4.99 Å². The minimum atomic E-state index is 0. The number of piperidine rings is 1. The monoisotopic (exact) mass is 366 g/mol. The maximum absolute atomic E-state index is 4.48. The first-order valence-electron chi connectivity index (χ1n) is 6.84. The predicted octanol–water partition coefficient (Wildman–Crippen LogP) is 1.76. The van der Waals surface area contributed by atoms with E-state index in [1.807, 2.05) is 0 Å². The third-order valence-corrected chi connectivity index (χ3v) is 3.95. The molecular weight excluding hydrogens is 339 g/mol. The van der Waals surface area contributed by atoms with E-state index >= 15 is 0 Å². The predicted molar refractivity (Wildman–Crippen MR) is 87.9 cm³/mol. The molecule has 106 valence electrons. The Morgan fingerprint density at radius 3 is 2.39 bits per heavy atom. The summed E-state index contributed by atoms with van der Waals surface area (Å²) < 4.78 is 0. The van der Waals surface area contributed by atoms with Crippen molar-refractivity contribution >= 4 is 29.9 Å². The molecule has 2 rings (SSSR count). The van der Waals surface area contributed by atoms with Gasteiger partial charge in [-0.3, -0.25) is 9.89 Å². The number of hydrogen-bond donors (Lipinski definition) is 1. The highest BCUT2D eigenvalue weighted by molar-refractivity contribution is 14.0. The molecule has 2 heterocycles. The van der Waals surface area contributed by atoms with Gasteiger partial charge in [0.05, 0.1) is 6.54 Å². The van der Waals surface area contributed by atoms with Gasteiger partial charge in [-0.25, -0.2) is 0 Å². The zero-order chi connectivity index (χ0) is 12.3. The second kappa shape index (κ2) is 6.93. The van der Waals surface area contributed by atoms with Crippen LogP contribution in [0, 0.1) is 0 Å². The molecule has 5 heteroatoms. The van der Waals surface area contributed by atoms with Crippen LogP contribution in [0.5, 0.6) is 0 Å². The lowest BCUT2D eigenvalue weighted by Crippen LogP contribution is -2.54. The molecule has 0 saturated carbocycles. The number of guanidine groups is 1. The van der Waals surface area contributed by atoms with E-state index in [4.69, 9.17) is 0 Å². The van der Waals surface area contributed by atoms with E-state index in [1.54, 1.807) is 0 Å². The van der Waals surface area contributed by atoms with Gasteiger partial charge in [0, 0.05) is 25.7 Å². The van der Waals surface area contributed by atoms with Crippen molar-refractivity contribution < 1.29 is 0 Å². The van der Waals surface area contributed by atoms with Crippen molar-refractivity contribution in [2.45, 2.75) is 38.6 Å². The van der Waals surface area contributed by atoms with E-state index in [0.29, 0.717) is 0 Å². The minimum Gasteiger partial charge on any atom is -0.354 e. The van der Waals surface area contributed by atoms with Gasteiger partial charge in [-0.15, -0.1) is 24.0 Å². The molecule has 0 aromatic heterocycles. The average Bonchev–Trinajstić information content (AvgIpc) is 2.74. The van der Waals surface area contributed by atoms with Crippen LogP contribution in [0.2, 0.25) is 0 Å². The maximum atomic E-state index is 4.48. The Balaban J connectivity index is 0.00000162. The molecule has 0 spiro atoms. The van der Waals surface area contributed by atoms with Crippen molar-refractivity contribution in [1.82, 2.24) is 15.1 Å². The topological polar surface area (TPSA) is 30.9 Å². The van der Waals surface area contributed by atoms with Crippen LogP contribution in [0.25, 0.3) is 0 Å². The summed E-state index contributed by atoms with van der Waals surface area (Å²) in [6, 6.07) is 0. The van der Waals surface area contributed by atoms with Gasteiger partial charge in [0.1, 0.15) is 0 Å². The van der Waals surface area contributed by atoms with Crippen molar-refractivity contribution in [2.75, 3.05) is 39.8 Å². The third kappa shape index (κ3) is 3.98. The summed E-state index contributed by atoms with van der Waals surface area (Å²) in [7, 11) is 2.10. The summed E-state index contributed by atoms with van der Waals surface area (Å²) in [4.78, 5) is 9.29. The first-order valence-corrected chi connectivity index (χ1v) is 6.84. The fourth-order valence-corrected chi connectivity index (χ4v) is 2.63. The van der Waals surface area contributed by atoms with Crippen molar-refractivity contribution in [3.63, 3.8) is 0 Å². The van der Waals surface area contributed by atoms with Gasteiger partial charge in [0.25, 0.3) is 0 Å². The Labute approximate surface area is 128 Å². The Morgan fingerprint density at radius 1 is 1.17 bits per heavy atom. The largest absolute Gasteiger partial charge is 0.354 e. The van der Waals surface area contributed by atoms with Crippen molar-refractivity contribution in [2.24, 2.45) is 4.99 Å². The lowest BCUT2D eigenvalue weighted by Gasteiger charge is -2.41. The van der Waals surface area contributed by atoms with Crippen LogP contribution >= 0.6 is 24.0 Å². The summed E-state index contributed by atoms with van der Waals surface area (Å²) in [5, 5.41) is 3.50. The molecule has 0 radical (unpaired) electrons. The van der Waals surface area contributed by atoms with Crippen molar-refractivity contribution in [3.05, 3.63) is 0 Å². The van der Waals surface area contributed by atoms with Gasteiger partial charge in [-0.1, -0.05) is 6.42 Å². The molecule has 0 amide bonds. The molecule has 18 heavy (non-hydrogen) atoms. The summed E-state index contributed by atoms with van der Waals surface area (Å²) in [6.45, 7) is 10.1. The Kier molecular flexibility index (Phi) is 6.17. The summed E-state index contributed by atoms with van der Waals surface area (Å²) in [6.07, 6.45) is 4.10. The fourth-order valence-electron chi connectivity index (χ4n) is 2.63. The second-order valence-corrected chi connectivity index (χ2v) is 5.84. The standard InChI is InChI=1S/C13H26N4.HI/c1-13(2,17-8-5-4-6-9-17)11-15-12-14-7-10-16(12)3;/h4-11H2,1-3H3,(H,14,15);1H. The molecule has 0 unspecified atom stereocenters. The van der Waals surface area contributed by atoms with Crippen LogP contribution in [0.1, 0.15) is 33.1 Å². The lowest BCUT2D eigenvalue weighted by molar-refractivity contribution is 0.0979. The molecule has 0 aromatic rings. The van der Waals surface area contributed by atoms with E-state index in [0.717, 1.165) is 25.6 Å². The smallest absolute Gasteiger partial charge is 0.193 e. The number of nitrogens with zero attached hydrogens (tertiary/aromatic N) is 3. The average molecular weight is 366 g/mol. The van der Waals surface area contributed by atoms with Crippen LogP contribution in [-0.2, 0) is 0 Å². The molecule has 2 aliphatic rings. The zero-order valence-corrected chi connectivity index (χ0v) is 14.2. The van der Waals surface area contributed by atoms with Crippen molar-refractivity contribution in [1.29, 1.82) is 0 Å². The second-order valence-electron chi connectivity index (χ2n) is 5.84. The molecule has 2 aliphatic heterocycles. The molecule has 1 fully saturated rings. The molecule has 0 bridgehead atoms. The van der Waals surface area contributed by atoms with Crippen LogP contribution < -0.4 is 5.32 Å². The van der Waals surface area contributed by atoms with Gasteiger partial charge < -0.3 is 10.2 Å². The molecule has 1 N–H and O–H groups in total. The number of likely N-dealkylation sites (tertiary alicyclic amines) is 1. The summed E-state index contributed by atoms with van der Waals surface area (Å²) >= 11 is 0. The van der Waals surface area contributed by atoms with E-state index in [9.17, 15) is 0 Å². The molecule has 0 atom stereocenters. The fraction of sp³-hybridized carbons (Fsp3) is 0.923. The molecule has 1 saturated heterocycles. The Hall–Kier alpha value is -0.0400. The third-order valence-electron chi connectivity index (χ3n) is 3.95. The molecule has 0 aromatic carbocycles. The number of hydrogen-bond acceptors (Lipinski definition) is 4. The van der Waals surface area contributed by atoms with E-state index in [-0.39, 0.29) is 29.5 Å². The van der Waals surface area contributed by atoms with Gasteiger partial charge in [0.2, 0.25) is 0 Å². The van der Waals surface area contributed by atoms with Crippen LogP contribution in [-0.4, -0.2) is 61.1 Å². The van der Waals surface area contributed by atoms with Crippen LogP contribution in [0.3, 0.4) is 0 Å². The molecule has 4 nitrogen and oxygen atoms in total. The first kappa shape index (κ1) is 16.0. The first-order chi connectivity index (χ1) is 8.09. The highest BCUT2D eigenvalue weighted by Gasteiger charge is 2.28. The Morgan fingerprint density at radius 2 is 1.83 bits per heavy atom. The normalized spacial score (nSPS) is 21.5. The number of likely N-dealkylation sites (N-methyl/N-ethyl adjacent to an activating group) is 1. The zero-order valence-electron chi connectivity index (χ0n) is 11.9. The minimum absolute atomic E-state index is 0. The molecule has 0 aliphatic carbocycles. The number of aliphatic imine (C=N–C) groups is 1. The highest BCUT2D eigenvalue weighted by atomic mass is 127. The van der Waals surface area contributed by atoms with Crippen LogP contribution in [0.4, 0.5) is 0 Å². The van der Waals surface area contributed by atoms with Gasteiger partial charge in [-0.2, -0.15) is 0 Å². The quantitative estimate of drug-likeness (QED) is 0.773. The van der Waals surface area contributed by atoms with Crippen molar-refractivity contribution in [3.8, 4) is 0 Å². The van der Waals surface area contributed by atoms with Gasteiger partial charge >= 0.3 is 0 Å². The van der Waals surface area contributed by atoms with E-state index < -0.39 is 0 Å². The number of nitrogens with one attached hydrogen (secondary N) is 1. The number of halogens is 1. The maximum Gasteiger partial charge on any atom is 0.193 e. The van der Waals surface area contributed by atoms with Gasteiger partial charge in [-0.05, 0) is 39.8 Å².